The summed E-state index contributed by atoms with van der Waals surface area (Å²) in [5.41, 5.74) is 0.991. The first-order valence-corrected chi connectivity index (χ1v) is 13.5. The Morgan fingerprint density at radius 1 is 1.05 bits per heavy atom. The maximum Gasteiger partial charge on any atom is 0.471 e. The second-order valence-corrected chi connectivity index (χ2v) is 10.4. The number of hydrogen-bond acceptors (Lipinski definition) is 6. The molecule has 1 fully saturated rings. The zero-order valence-electron chi connectivity index (χ0n) is 21.5. The van der Waals surface area contributed by atoms with Crippen molar-refractivity contribution in [2.75, 3.05) is 6.54 Å². The highest BCUT2D eigenvalue weighted by Gasteiger charge is 2.45. The molecule has 1 aliphatic carbocycles. The van der Waals surface area contributed by atoms with Crippen LogP contribution in [0.3, 0.4) is 0 Å². The molecule has 210 valence electrons. The number of nitrogens with one attached hydrogen (secondary N) is 1. The standard InChI is InChI=1S/C28H27ClF3N5O3/c29-19-7-5-6-18(16-19)26-36-35-25(40-26)17-11-13-20(14-12-17)37(27(39)28(30,31)32)15-4-3-10-23-33-22-9-2-1-8-21(22)24(38)34-23/h1-2,5-9,16-17,20H,3-4,10-15H2,(H,33,34,38). The van der Waals surface area contributed by atoms with E-state index < -0.39 is 18.1 Å². The van der Waals surface area contributed by atoms with E-state index in [4.69, 9.17) is 16.0 Å². The van der Waals surface area contributed by atoms with Crippen molar-refractivity contribution in [1.29, 1.82) is 0 Å². The van der Waals surface area contributed by atoms with Crippen molar-refractivity contribution < 1.29 is 22.4 Å². The van der Waals surface area contributed by atoms with Gasteiger partial charge >= 0.3 is 12.1 Å². The zero-order chi connectivity index (χ0) is 28.3. The van der Waals surface area contributed by atoms with Crippen LogP contribution in [0.5, 0.6) is 0 Å². The van der Waals surface area contributed by atoms with Gasteiger partial charge in [0.25, 0.3) is 5.56 Å². The fraction of sp³-hybridized carbons (Fsp3) is 0.393. The molecule has 0 unspecified atom stereocenters. The van der Waals surface area contributed by atoms with Gasteiger partial charge in [0, 0.05) is 35.5 Å². The number of aromatic amines is 1. The predicted molar refractivity (Wildman–Crippen MR) is 143 cm³/mol. The number of amides is 1. The average molecular weight is 574 g/mol. The maximum absolute atomic E-state index is 13.5. The highest BCUT2D eigenvalue weighted by molar-refractivity contribution is 6.30. The number of aryl methyl sites for hydroxylation is 1. The molecular weight excluding hydrogens is 547 g/mol. The van der Waals surface area contributed by atoms with E-state index in [0.29, 0.717) is 84.0 Å². The molecule has 0 spiro atoms. The number of nitrogens with zero attached hydrogens (tertiary/aromatic N) is 4. The third-order valence-corrected chi connectivity index (χ3v) is 7.46. The van der Waals surface area contributed by atoms with Crippen molar-refractivity contribution in [2.45, 2.75) is 63.1 Å². The van der Waals surface area contributed by atoms with Crippen LogP contribution in [0.1, 0.15) is 56.2 Å². The minimum absolute atomic E-state index is 0.0367. The van der Waals surface area contributed by atoms with Gasteiger partial charge in [-0.25, -0.2) is 4.98 Å². The molecule has 2 heterocycles. The van der Waals surface area contributed by atoms with Gasteiger partial charge in [0.2, 0.25) is 11.8 Å². The molecule has 0 saturated heterocycles. The quantitative estimate of drug-likeness (QED) is 0.257. The lowest BCUT2D eigenvalue weighted by atomic mass is 9.85. The van der Waals surface area contributed by atoms with Crippen molar-refractivity contribution in [3.8, 4) is 11.5 Å². The van der Waals surface area contributed by atoms with Gasteiger partial charge in [-0.1, -0.05) is 29.8 Å². The second-order valence-electron chi connectivity index (χ2n) is 9.94. The van der Waals surface area contributed by atoms with Gasteiger partial charge in [0.05, 0.1) is 10.9 Å². The molecule has 0 atom stereocenters. The molecule has 0 aliphatic heterocycles. The van der Waals surface area contributed by atoms with Crippen molar-refractivity contribution in [3.05, 3.63) is 75.6 Å². The number of carbonyl (C=O) groups excluding carboxylic acids is 1. The van der Waals surface area contributed by atoms with E-state index in [1.165, 1.54) is 0 Å². The van der Waals surface area contributed by atoms with E-state index >= 15 is 0 Å². The monoisotopic (exact) mass is 573 g/mol. The van der Waals surface area contributed by atoms with Crippen LogP contribution in [-0.4, -0.2) is 49.7 Å². The summed E-state index contributed by atoms with van der Waals surface area (Å²) in [4.78, 5) is 32.7. The number of unbranched alkanes of at least 4 members (excludes halogenated alkanes) is 1. The number of halogens is 4. The van der Waals surface area contributed by atoms with Crippen LogP contribution in [0.25, 0.3) is 22.4 Å². The molecular formula is C28H27ClF3N5O3. The molecule has 0 bridgehead atoms. The molecule has 1 aliphatic rings. The lowest BCUT2D eigenvalue weighted by Gasteiger charge is -2.36. The number of aromatic nitrogens is 4. The summed E-state index contributed by atoms with van der Waals surface area (Å²) in [6.07, 6.45) is -1.95. The smallest absolute Gasteiger partial charge is 0.420 e. The number of H-pyrrole nitrogens is 1. The molecule has 8 nitrogen and oxygen atoms in total. The first kappa shape index (κ1) is 27.8. The van der Waals surface area contributed by atoms with Crippen molar-refractivity contribution in [1.82, 2.24) is 25.1 Å². The lowest BCUT2D eigenvalue weighted by Crippen LogP contribution is -2.48. The Bertz CT molecular complexity index is 1550. The summed E-state index contributed by atoms with van der Waals surface area (Å²) in [6, 6.07) is 13.4. The van der Waals surface area contributed by atoms with Crippen LogP contribution >= 0.6 is 11.6 Å². The van der Waals surface area contributed by atoms with Gasteiger partial charge in [0.1, 0.15) is 5.82 Å². The molecule has 4 aromatic rings. The molecule has 12 heteroatoms. The number of hydrogen-bond donors (Lipinski definition) is 1. The highest BCUT2D eigenvalue weighted by atomic mass is 35.5. The van der Waals surface area contributed by atoms with Gasteiger partial charge in [-0.2, -0.15) is 13.2 Å². The third kappa shape index (κ3) is 6.35. The molecule has 5 rings (SSSR count). The Morgan fingerprint density at radius 2 is 1.82 bits per heavy atom. The molecule has 2 aromatic heterocycles. The summed E-state index contributed by atoms with van der Waals surface area (Å²) >= 11 is 6.04. The number of rotatable bonds is 8. The summed E-state index contributed by atoms with van der Waals surface area (Å²) < 4.78 is 46.3. The maximum atomic E-state index is 13.5. The number of benzene rings is 2. The van der Waals surface area contributed by atoms with Crippen LogP contribution in [-0.2, 0) is 11.2 Å². The fourth-order valence-corrected chi connectivity index (χ4v) is 5.40. The van der Waals surface area contributed by atoms with E-state index in [0.717, 1.165) is 4.90 Å². The minimum atomic E-state index is -4.96. The molecule has 1 saturated carbocycles. The summed E-state index contributed by atoms with van der Waals surface area (Å²) in [5, 5.41) is 9.26. The molecule has 1 N–H and O–H groups in total. The average Bonchev–Trinajstić information content (AvgIpc) is 3.43. The van der Waals surface area contributed by atoms with Crippen molar-refractivity contribution in [2.24, 2.45) is 0 Å². The molecule has 2 aromatic carbocycles. The Labute approximate surface area is 232 Å². The van der Waals surface area contributed by atoms with Crippen molar-refractivity contribution in [3.63, 3.8) is 0 Å². The number of carbonyl (C=O) groups is 1. The van der Waals surface area contributed by atoms with Crippen LogP contribution in [0.4, 0.5) is 13.2 Å². The van der Waals surface area contributed by atoms with Crippen LogP contribution in [0.15, 0.2) is 57.7 Å². The van der Waals surface area contributed by atoms with E-state index in [-0.39, 0.29) is 18.0 Å². The fourth-order valence-electron chi connectivity index (χ4n) is 5.21. The van der Waals surface area contributed by atoms with Crippen LogP contribution < -0.4 is 5.56 Å². The Morgan fingerprint density at radius 3 is 2.58 bits per heavy atom. The number of fused-ring (bicyclic) bond motifs is 1. The van der Waals surface area contributed by atoms with Gasteiger partial charge in [-0.05, 0) is 68.9 Å². The number of para-hydroxylation sites is 1. The Balaban J connectivity index is 1.19. The van der Waals surface area contributed by atoms with E-state index in [2.05, 4.69) is 20.2 Å². The first-order valence-electron chi connectivity index (χ1n) is 13.1. The van der Waals surface area contributed by atoms with Crippen LogP contribution in [0, 0.1) is 0 Å². The normalized spacial score (nSPS) is 17.7. The molecule has 0 radical (unpaired) electrons. The SMILES string of the molecule is O=C(N(CCCCc1nc2ccccc2c(=O)[nH]1)C1CCC(c2nnc(-c3cccc(Cl)c3)o2)CC1)C(F)(F)F. The van der Waals surface area contributed by atoms with E-state index in [1.54, 1.807) is 48.5 Å². The first-order chi connectivity index (χ1) is 19.2. The van der Waals surface area contributed by atoms with Gasteiger partial charge in [-0.3, -0.25) is 9.59 Å². The van der Waals surface area contributed by atoms with Gasteiger partial charge in [0.15, 0.2) is 0 Å². The van der Waals surface area contributed by atoms with E-state index in [9.17, 15) is 22.8 Å². The van der Waals surface area contributed by atoms with E-state index in [1.807, 2.05) is 0 Å². The zero-order valence-corrected chi connectivity index (χ0v) is 22.2. The Hall–Kier alpha value is -3.73. The van der Waals surface area contributed by atoms with Crippen LogP contribution in [0.2, 0.25) is 5.02 Å². The van der Waals surface area contributed by atoms with Gasteiger partial charge < -0.3 is 14.3 Å². The third-order valence-electron chi connectivity index (χ3n) is 7.23. The largest absolute Gasteiger partial charge is 0.471 e. The molecule has 1 amide bonds. The topological polar surface area (TPSA) is 105 Å². The van der Waals surface area contributed by atoms with Crippen molar-refractivity contribution >= 4 is 28.4 Å². The summed E-state index contributed by atoms with van der Waals surface area (Å²) in [5.74, 6) is -0.700. The predicted octanol–water partition coefficient (Wildman–Crippen LogP) is 6.07. The Kier molecular flexibility index (Phi) is 8.20. The lowest BCUT2D eigenvalue weighted by molar-refractivity contribution is -0.188. The molecule has 40 heavy (non-hydrogen) atoms. The summed E-state index contributed by atoms with van der Waals surface area (Å²) in [6.45, 7) is -0.0367. The number of alkyl halides is 3. The second kappa shape index (κ2) is 11.8. The summed E-state index contributed by atoms with van der Waals surface area (Å²) in [7, 11) is 0. The highest BCUT2D eigenvalue weighted by Crippen LogP contribution is 2.36. The van der Waals surface area contributed by atoms with Gasteiger partial charge in [-0.15, -0.1) is 10.2 Å². The minimum Gasteiger partial charge on any atom is -0.420 e.